The molecule has 2 aromatic rings. The number of nitrogens with zero attached hydrogens (tertiary/aromatic N) is 1. The summed E-state index contributed by atoms with van der Waals surface area (Å²) in [4.78, 5) is 5.51. The second kappa shape index (κ2) is 5.69. The number of hydrogen-bond donors (Lipinski definition) is 0. The van der Waals surface area contributed by atoms with E-state index in [9.17, 15) is 0 Å². The van der Waals surface area contributed by atoms with Crippen LogP contribution in [0.1, 0.15) is 32.5 Å². The molecule has 3 heterocycles. The highest BCUT2D eigenvalue weighted by atomic mass is 32.1. The lowest BCUT2D eigenvalue weighted by molar-refractivity contribution is 0.162. The van der Waals surface area contributed by atoms with E-state index < -0.39 is 0 Å². The van der Waals surface area contributed by atoms with Gasteiger partial charge in [0.05, 0.1) is 13.7 Å². The maximum absolute atomic E-state index is 5.38. The summed E-state index contributed by atoms with van der Waals surface area (Å²) in [7, 11) is 3.51. The molecule has 4 heteroatoms. The normalized spacial score (nSPS) is 20.2. The van der Waals surface area contributed by atoms with E-state index in [1.807, 2.05) is 11.3 Å². The van der Waals surface area contributed by atoms with Crippen LogP contribution in [0.5, 0.6) is 5.75 Å². The molecule has 4 rings (SSSR count). The number of thiophene rings is 1. The van der Waals surface area contributed by atoms with Crippen LogP contribution >= 0.6 is 11.3 Å². The quantitative estimate of drug-likeness (QED) is 0.864. The van der Waals surface area contributed by atoms with Crippen molar-refractivity contribution in [3.63, 3.8) is 0 Å². The van der Waals surface area contributed by atoms with Gasteiger partial charge in [0.25, 0.3) is 0 Å². The van der Waals surface area contributed by atoms with Crippen molar-refractivity contribution < 1.29 is 9.47 Å². The van der Waals surface area contributed by atoms with Crippen molar-refractivity contribution in [2.45, 2.75) is 32.0 Å². The SMILES string of the molecule is COCc1cc2c(s1)CC1c3ccc(OC)cc3CCN1C2. The van der Waals surface area contributed by atoms with E-state index in [1.54, 1.807) is 14.2 Å². The molecule has 22 heavy (non-hydrogen) atoms. The largest absolute Gasteiger partial charge is 0.497 e. The van der Waals surface area contributed by atoms with Crippen LogP contribution < -0.4 is 4.74 Å². The molecule has 0 fully saturated rings. The van der Waals surface area contributed by atoms with Crippen LogP contribution in [0.4, 0.5) is 0 Å². The Morgan fingerprint density at radius 1 is 1.23 bits per heavy atom. The molecule has 0 saturated heterocycles. The van der Waals surface area contributed by atoms with Gasteiger partial charge in [0.1, 0.15) is 5.75 Å². The van der Waals surface area contributed by atoms with E-state index >= 15 is 0 Å². The molecule has 116 valence electrons. The van der Waals surface area contributed by atoms with E-state index in [4.69, 9.17) is 9.47 Å². The highest BCUT2D eigenvalue weighted by Crippen LogP contribution is 2.41. The summed E-state index contributed by atoms with van der Waals surface area (Å²) in [5.41, 5.74) is 4.45. The highest BCUT2D eigenvalue weighted by molar-refractivity contribution is 7.12. The number of benzene rings is 1. The number of ether oxygens (including phenoxy) is 2. The fraction of sp³-hybridized carbons (Fsp3) is 0.444. The van der Waals surface area contributed by atoms with E-state index in [0.717, 1.165) is 38.3 Å². The molecular weight excluding hydrogens is 294 g/mol. The number of fused-ring (bicyclic) bond motifs is 4. The average molecular weight is 315 g/mol. The zero-order valence-electron chi connectivity index (χ0n) is 13.1. The molecule has 1 aromatic heterocycles. The van der Waals surface area contributed by atoms with Gasteiger partial charge in [-0.3, -0.25) is 4.90 Å². The third-order valence-electron chi connectivity index (χ3n) is 4.80. The average Bonchev–Trinajstić information content (AvgIpc) is 2.93. The van der Waals surface area contributed by atoms with E-state index in [1.165, 1.54) is 26.4 Å². The lowest BCUT2D eigenvalue weighted by Gasteiger charge is -2.40. The molecule has 0 saturated carbocycles. The van der Waals surface area contributed by atoms with Crippen LogP contribution in [0.3, 0.4) is 0 Å². The molecule has 1 unspecified atom stereocenters. The summed E-state index contributed by atoms with van der Waals surface area (Å²) in [6, 6.07) is 9.44. The summed E-state index contributed by atoms with van der Waals surface area (Å²) in [5.74, 6) is 0.974. The molecule has 1 aromatic carbocycles. The lowest BCUT2D eigenvalue weighted by atomic mass is 9.87. The van der Waals surface area contributed by atoms with Gasteiger partial charge in [0.2, 0.25) is 0 Å². The first kappa shape index (κ1) is 14.2. The monoisotopic (exact) mass is 315 g/mol. The lowest BCUT2D eigenvalue weighted by Crippen LogP contribution is -2.38. The van der Waals surface area contributed by atoms with Crippen molar-refractivity contribution in [3.8, 4) is 5.75 Å². The Hall–Kier alpha value is -1.36. The van der Waals surface area contributed by atoms with Gasteiger partial charge >= 0.3 is 0 Å². The van der Waals surface area contributed by atoms with Gasteiger partial charge in [0, 0.05) is 42.4 Å². The zero-order valence-corrected chi connectivity index (χ0v) is 13.9. The van der Waals surface area contributed by atoms with Crippen LogP contribution in [0.25, 0.3) is 0 Å². The zero-order chi connectivity index (χ0) is 15.1. The van der Waals surface area contributed by atoms with Crippen LogP contribution in [0, 0.1) is 0 Å². The minimum atomic E-state index is 0.524. The van der Waals surface area contributed by atoms with E-state index in [0.29, 0.717) is 6.04 Å². The van der Waals surface area contributed by atoms with Crippen LogP contribution in [0.2, 0.25) is 0 Å². The first-order valence-electron chi connectivity index (χ1n) is 7.78. The predicted octanol–water partition coefficient (Wildman–Crippen LogP) is 3.56. The fourth-order valence-corrected chi connectivity index (χ4v) is 4.93. The second-order valence-corrected chi connectivity index (χ2v) is 7.32. The molecule has 2 aliphatic rings. The van der Waals surface area contributed by atoms with Gasteiger partial charge in [0.15, 0.2) is 0 Å². The van der Waals surface area contributed by atoms with Gasteiger partial charge in [-0.15, -0.1) is 11.3 Å². The van der Waals surface area contributed by atoms with Crippen molar-refractivity contribution in [1.82, 2.24) is 4.90 Å². The highest BCUT2D eigenvalue weighted by Gasteiger charge is 2.33. The van der Waals surface area contributed by atoms with Gasteiger partial charge < -0.3 is 9.47 Å². The number of hydrogen-bond acceptors (Lipinski definition) is 4. The maximum atomic E-state index is 5.38. The van der Waals surface area contributed by atoms with Gasteiger partial charge in [-0.1, -0.05) is 6.07 Å². The smallest absolute Gasteiger partial charge is 0.119 e. The Kier molecular flexibility index (Phi) is 3.68. The Morgan fingerprint density at radius 2 is 2.14 bits per heavy atom. The molecule has 2 aliphatic heterocycles. The summed E-state index contributed by atoms with van der Waals surface area (Å²) < 4.78 is 10.7. The molecule has 0 spiro atoms. The summed E-state index contributed by atoms with van der Waals surface area (Å²) in [6.45, 7) is 2.95. The Bertz CT molecular complexity index is 694. The summed E-state index contributed by atoms with van der Waals surface area (Å²) in [5, 5.41) is 0. The summed E-state index contributed by atoms with van der Waals surface area (Å²) >= 11 is 1.92. The minimum Gasteiger partial charge on any atom is -0.497 e. The standard InChI is InChI=1S/C18H21NO2S/c1-20-11-15-8-13-10-19-6-5-12-7-14(21-2)3-4-16(12)17(19)9-18(13)22-15/h3-4,7-8,17H,5-6,9-11H2,1-2H3. The first-order valence-corrected chi connectivity index (χ1v) is 8.60. The fourth-order valence-electron chi connectivity index (χ4n) is 3.74. The molecule has 0 bridgehead atoms. The maximum Gasteiger partial charge on any atom is 0.119 e. The predicted molar refractivity (Wildman–Crippen MR) is 88.6 cm³/mol. The van der Waals surface area contributed by atoms with Gasteiger partial charge in [-0.25, -0.2) is 0 Å². The van der Waals surface area contributed by atoms with Crippen molar-refractivity contribution in [2.24, 2.45) is 0 Å². The number of rotatable bonds is 3. The van der Waals surface area contributed by atoms with Crippen molar-refractivity contribution in [1.29, 1.82) is 0 Å². The van der Waals surface area contributed by atoms with Crippen molar-refractivity contribution in [3.05, 3.63) is 50.7 Å². The Morgan fingerprint density at radius 3 is 2.95 bits per heavy atom. The molecule has 0 amide bonds. The Labute approximate surface area is 135 Å². The second-order valence-electron chi connectivity index (χ2n) is 6.10. The molecule has 0 N–H and O–H groups in total. The van der Waals surface area contributed by atoms with Gasteiger partial charge in [-0.05, 0) is 41.3 Å². The summed E-state index contributed by atoms with van der Waals surface area (Å²) in [6.07, 6.45) is 2.25. The van der Waals surface area contributed by atoms with Crippen molar-refractivity contribution >= 4 is 11.3 Å². The first-order chi connectivity index (χ1) is 10.8. The van der Waals surface area contributed by atoms with Crippen molar-refractivity contribution in [2.75, 3.05) is 20.8 Å². The molecule has 3 nitrogen and oxygen atoms in total. The number of methoxy groups -OCH3 is 2. The molecule has 0 aliphatic carbocycles. The topological polar surface area (TPSA) is 21.7 Å². The van der Waals surface area contributed by atoms with E-state index in [2.05, 4.69) is 29.2 Å². The molecule has 1 atom stereocenters. The van der Waals surface area contributed by atoms with Crippen LogP contribution in [-0.2, 0) is 30.7 Å². The van der Waals surface area contributed by atoms with Crippen LogP contribution in [-0.4, -0.2) is 25.7 Å². The van der Waals surface area contributed by atoms with Gasteiger partial charge in [-0.2, -0.15) is 0 Å². The third-order valence-corrected chi connectivity index (χ3v) is 5.98. The molecule has 0 radical (unpaired) electrons. The van der Waals surface area contributed by atoms with Crippen LogP contribution in [0.15, 0.2) is 24.3 Å². The minimum absolute atomic E-state index is 0.524. The third kappa shape index (κ3) is 2.35. The Balaban J connectivity index is 1.66. The van der Waals surface area contributed by atoms with E-state index in [-0.39, 0.29) is 0 Å². The molecular formula is C18H21NO2S.